The van der Waals surface area contributed by atoms with Crippen LogP contribution >= 0.6 is 0 Å². The molecule has 0 bridgehead atoms. The second-order valence-corrected chi connectivity index (χ2v) is 2.97. The van der Waals surface area contributed by atoms with Gasteiger partial charge >= 0.3 is 0 Å². The first kappa shape index (κ1) is 21.0. The lowest BCUT2D eigenvalue weighted by molar-refractivity contribution is -0.118. The lowest BCUT2D eigenvalue weighted by Crippen LogP contribution is -2.21. The zero-order valence-electron chi connectivity index (χ0n) is 12.2. The number of aliphatic imine (C=N–C) groups is 1. The van der Waals surface area contributed by atoms with E-state index in [1.54, 1.807) is 19.3 Å². The normalized spacial score (nSPS) is 9.65. The molecule has 0 rings (SSSR count). The fraction of sp³-hybridized carbons (Fsp3) is 0.571. The van der Waals surface area contributed by atoms with Gasteiger partial charge in [0.1, 0.15) is 0 Å². The molecule has 0 aromatic rings. The molecule has 0 saturated heterocycles. The van der Waals surface area contributed by atoms with Crippen molar-refractivity contribution >= 4 is 12.1 Å². The topological polar surface area (TPSA) is 41.5 Å². The number of hydrogen-bond acceptors (Lipinski definition) is 2. The summed E-state index contributed by atoms with van der Waals surface area (Å²) in [6.45, 7) is 13.8. The Morgan fingerprint density at radius 3 is 2.12 bits per heavy atom. The fourth-order valence-electron chi connectivity index (χ4n) is 0.596. The first-order valence-corrected chi connectivity index (χ1v) is 6.10. The highest BCUT2D eigenvalue weighted by molar-refractivity contribution is 5.75. The molecule has 0 saturated carbocycles. The van der Waals surface area contributed by atoms with Crippen molar-refractivity contribution in [3.05, 3.63) is 24.3 Å². The molecule has 3 heteroatoms. The highest BCUT2D eigenvalue weighted by Crippen LogP contribution is 1.91. The van der Waals surface area contributed by atoms with Gasteiger partial charge in [-0.1, -0.05) is 46.8 Å². The molecular formula is C14H28N2O. The quantitative estimate of drug-likeness (QED) is 0.594. The molecule has 0 aliphatic rings. The summed E-state index contributed by atoms with van der Waals surface area (Å²) >= 11 is 0. The lowest BCUT2D eigenvalue weighted by Gasteiger charge is -2.00. The number of nitrogens with one attached hydrogen (secondary N) is 1. The van der Waals surface area contributed by atoms with Crippen LogP contribution in [0.5, 0.6) is 0 Å². The predicted molar refractivity (Wildman–Crippen MR) is 78.7 cm³/mol. The Balaban J connectivity index is -0.000000337. The number of carbonyl (C=O) groups is 1. The Bertz CT molecular complexity index is 230. The minimum Gasteiger partial charge on any atom is -0.352 e. The molecule has 0 fully saturated rings. The molecule has 3 nitrogen and oxygen atoms in total. The van der Waals surface area contributed by atoms with E-state index in [0.717, 1.165) is 5.57 Å². The number of hydrogen-bond donors (Lipinski definition) is 1. The van der Waals surface area contributed by atoms with E-state index < -0.39 is 0 Å². The van der Waals surface area contributed by atoms with Gasteiger partial charge in [0.15, 0.2) is 0 Å². The van der Waals surface area contributed by atoms with E-state index in [2.05, 4.69) is 30.7 Å². The van der Waals surface area contributed by atoms with Crippen LogP contribution in [0.2, 0.25) is 0 Å². The highest BCUT2D eigenvalue weighted by Gasteiger charge is 1.91. The van der Waals surface area contributed by atoms with Crippen LogP contribution in [0.25, 0.3) is 0 Å². The summed E-state index contributed by atoms with van der Waals surface area (Å²) < 4.78 is 0. The second kappa shape index (κ2) is 20.1. The molecule has 0 radical (unpaired) electrons. The van der Waals surface area contributed by atoms with Crippen LogP contribution in [-0.4, -0.2) is 25.7 Å². The molecule has 0 aliphatic heterocycles. The maximum absolute atomic E-state index is 10.5. The summed E-state index contributed by atoms with van der Waals surface area (Å²) in [4.78, 5) is 14.3. The summed E-state index contributed by atoms with van der Waals surface area (Å²) in [5.74, 6) is -0.0452. The van der Waals surface area contributed by atoms with Crippen molar-refractivity contribution in [1.29, 1.82) is 0 Å². The lowest BCUT2D eigenvalue weighted by atomic mass is 10.2. The zero-order valence-corrected chi connectivity index (χ0v) is 12.2. The number of carbonyl (C=O) groups excluding carboxylic acids is 1. The van der Waals surface area contributed by atoms with E-state index in [9.17, 15) is 4.79 Å². The molecule has 17 heavy (non-hydrogen) atoms. The number of allylic oxidation sites excluding steroid dienone is 1. The van der Waals surface area contributed by atoms with Crippen LogP contribution in [-0.2, 0) is 4.79 Å². The molecule has 100 valence electrons. The van der Waals surface area contributed by atoms with Crippen LogP contribution in [0.3, 0.4) is 0 Å². The first-order chi connectivity index (χ1) is 8.12. The van der Waals surface area contributed by atoms with E-state index in [1.165, 1.54) is 13.3 Å². The maximum Gasteiger partial charge on any atom is 0.217 e. The van der Waals surface area contributed by atoms with Crippen LogP contribution in [0.15, 0.2) is 29.3 Å². The summed E-state index contributed by atoms with van der Waals surface area (Å²) in [6.07, 6.45) is 6.42. The Morgan fingerprint density at radius 2 is 1.82 bits per heavy atom. The molecule has 0 unspecified atom stereocenters. The van der Waals surface area contributed by atoms with Crippen LogP contribution in [0, 0.1) is 0 Å². The van der Waals surface area contributed by atoms with E-state index >= 15 is 0 Å². The molecule has 0 spiro atoms. The van der Waals surface area contributed by atoms with Crippen molar-refractivity contribution in [2.75, 3.05) is 13.6 Å². The zero-order chi connectivity index (χ0) is 14.1. The Labute approximate surface area is 107 Å². The van der Waals surface area contributed by atoms with E-state index in [1.807, 2.05) is 19.9 Å². The van der Waals surface area contributed by atoms with Gasteiger partial charge in [0, 0.05) is 26.7 Å². The van der Waals surface area contributed by atoms with Gasteiger partial charge in [-0.2, -0.15) is 0 Å². The molecule has 1 amide bonds. The molecule has 0 aliphatic carbocycles. The van der Waals surface area contributed by atoms with Crippen molar-refractivity contribution in [1.82, 2.24) is 5.32 Å². The van der Waals surface area contributed by atoms with Gasteiger partial charge in [-0.15, -0.1) is 0 Å². The monoisotopic (exact) mass is 240 g/mol. The molecule has 0 aromatic carbocycles. The van der Waals surface area contributed by atoms with Gasteiger partial charge in [-0.25, -0.2) is 0 Å². The Kier molecular flexibility index (Phi) is 24.8. The van der Waals surface area contributed by atoms with Gasteiger partial charge in [0.25, 0.3) is 0 Å². The Morgan fingerprint density at radius 1 is 1.35 bits per heavy atom. The van der Waals surface area contributed by atoms with Gasteiger partial charge in [-0.05, 0) is 11.6 Å². The summed E-state index contributed by atoms with van der Waals surface area (Å²) in [5.41, 5.74) is 0.941. The average molecular weight is 240 g/mol. The third-order valence-electron chi connectivity index (χ3n) is 1.24. The minimum absolute atomic E-state index is 0.0452. The van der Waals surface area contributed by atoms with E-state index in [-0.39, 0.29) is 5.91 Å². The van der Waals surface area contributed by atoms with Crippen LogP contribution < -0.4 is 5.32 Å². The van der Waals surface area contributed by atoms with Crippen LogP contribution in [0.4, 0.5) is 0 Å². The summed E-state index contributed by atoms with van der Waals surface area (Å²) in [7, 11) is 1.69. The number of amides is 1. The SMILES string of the molecule is C=C/C(=C\C=NC)CNC(C)=O.CC.CCC. The maximum atomic E-state index is 10.5. The standard InChI is InChI=1S/C9H14N2O.C3H8.C2H6/c1-4-9(5-6-10-3)7-11-8(2)12;1-3-2;1-2/h4-6H,1,7H2,2-3H3,(H,11,12);3H2,1-2H3;1-2H3/b9-5+,10-6?;;. The van der Waals surface area contributed by atoms with Crippen molar-refractivity contribution in [2.45, 2.75) is 41.0 Å². The third kappa shape index (κ3) is 25.2. The van der Waals surface area contributed by atoms with Gasteiger partial charge in [0.05, 0.1) is 0 Å². The second-order valence-electron chi connectivity index (χ2n) is 2.97. The van der Waals surface area contributed by atoms with Gasteiger partial charge < -0.3 is 5.32 Å². The largest absolute Gasteiger partial charge is 0.352 e. The molecule has 0 atom stereocenters. The van der Waals surface area contributed by atoms with Gasteiger partial charge in [-0.3, -0.25) is 9.79 Å². The Hall–Kier alpha value is -1.38. The molecular weight excluding hydrogens is 212 g/mol. The van der Waals surface area contributed by atoms with Crippen molar-refractivity contribution < 1.29 is 4.79 Å². The molecule has 0 heterocycles. The van der Waals surface area contributed by atoms with Crippen molar-refractivity contribution in [3.8, 4) is 0 Å². The summed E-state index contributed by atoms with van der Waals surface area (Å²) in [6, 6.07) is 0. The molecule has 1 N–H and O–H groups in total. The predicted octanol–water partition coefficient (Wildman–Crippen LogP) is 3.38. The van der Waals surface area contributed by atoms with E-state index in [4.69, 9.17) is 0 Å². The smallest absolute Gasteiger partial charge is 0.217 e. The minimum atomic E-state index is -0.0452. The number of rotatable bonds is 4. The van der Waals surface area contributed by atoms with Crippen molar-refractivity contribution in [3.63, 3.8) is 0 Å². The van der Waals surface area contributed by atoms with Gasteiger partial charge in [0.2, 0.25) is 5.91 Å². The fourth-order valence-corrected chi connectivity index (χ4v) is 0.596. The van der Waals surface area contributed by atoms with E-state index in [0.29, 0.717) is 6.54 Å². The summed E-state index contributed by atoms with van der Waals surface area (Å²) in [5, 5.41) is 2.67. The van der Waals surface area contributed by atoms with Crippen LogP contribution in [0.1, 0.15) is 41.0 Å². The molecule has 0 aromatic heterocycles. The third-order valence-corrected chi connectivity index (χ3v) is 1.24. The first-order valence-electron chi connectivity index (χ1n) is 6.10. The average Bonchev–Trinajstić information content (AvgIpc) is 2.33. The number of nitrogens with zero attached hydrogens (tertiary/aromatic N) is 1. The van der Waals surface area contributed by atoms with Crippen molar-refractivity contribution in [2.24, 2.45) is 4.99 Å². The highest BCUT2D eigenvalue weighted by atomic mass is 16.1.